The summed E-state index contributed by atoms with van der Waals surface area (Å²) in [5, 5.41) is 25.9. The minimum Gasteiger partial charge on any atom is -0.393 e. The first-order chi connectivity index (χ1) is 16.0. The summed E-state index contributed by atoms with van der Waals surface area (Å²) in [7, 11) is 0. The van der Waals surface area contributed by atoms with E-state index in [1.165, 1.54) is 35.2 Å². The first kappa shape index (κ1) is 22.8. The second-order valence-corrected chi connectivity index (χ2v) is 9.20. The Balaban J connectivity index is 1.54. The van der Waals surface area contributed by atoms with Crippen LogP contribution >= 0.6 is 23.1 Å². The van der Waals surface area contributed by atoms with Gasteiger partial charge in [-0.05, 0) is 37.1 Å². The standard InChI is InChI=1S/C22H20FN7OS2/c1-26-18-19(30-8-6-16(31)7-9-30)17(10-24)21(29-20(18)25)32-11-15-12-33-22(28-15)27-14-4-2-13(23)3-5-14/h2-5,12,16,31H,6-9,11H2,(H2,25,29)(H,27,28). The van der Waals surface area contributed by atoms with Gasteiger partial charge in [-0.25, -0.2) is 19.2 Å². The van der Waals surface area contributed by atoms with E-state index in [1.54, 1.807) is 12.1 Å². The van der Waals surface area contributed by atoms with Gasteiger partial charge < -0.3 is 21.1 Å². The van der Waals surface area contributed by atoms with E-state index in [9.17, 15) is 14.8 Å². The topological polar surface area (TPSA) is 115 Å². The van der Waals surface area contributed by atoms with E-state index < -0.39 is 0 Å². The van der Waals surface area contributed by atoms with Crippen LogP contribution in [0.15, 0.2) is 34.7 Å². The Morgan fingerprint density at radius 1 is 1.33 bits per heavy atom. The van der Waals surface area contributed by atoms with E-state index in [4.69, 9.17) is 12.3 Å². The molecule has 33 heavy (non-hydrogen) atoms. The van der Waals surface area contributed by atoms with Crippen LogP contribution in [-0.4, -0.2) is 34.3 Å². The predicted molar refractivity (Wildman–Crippen MR) is 128 cm³/mol. The lowest BCUT2D eigenvalue weighted by molar-refractivity contribution is 0.145. The molecule has 0 unspecified atom stereocenters. The Morgan fingerprint density at radius 2 is 2.06 bits per heavy atom. The summed E-state index contributed by atoms with van der Waals surface area (Å²) in [5.41, 5.74) is 8.59. The summed E-state index contributed by atoms with van der Waals surface area (Å²) < 4.78 is 13.1. The first-order valence-electron chi connectivity index (χ1n) is 10.1. The monoisotopic (exact) mass is 481 g/mol. The van der Waals surface area contributed by atoms with Gasteiger partial charge in [-0.3, -0.25) is 0 Å². The van der Waals surface area contributed by atoms with Gasteiger partial charge in [0, 0.05) is 29.9 Å². The molecule has 4 rings (SSSR count). The SMILES string of the molecule is [C-]#[N+]c1c(N)nc(SCc2csc(Nc3ccc(F)cc3)n2)c(C#N)c1N1CCC(O)CC1. The fourth-order valence-corrected chi connectivity index (χ4v) is 5.22. The number of halogens is 1. The average Bonchev–Trinajstić information content (AvgIpc) is 3.26. The number of aliphatic hydroxyl groups is 1. The van der Waals surface area contributed by atoms with Crippen molar-refractivity contribution in [1.29, 1.82) is 5.26 Å². The number of benzene rings is 1. The number of piperidine rings is 1. The molecule has 168 valence electrons. The first-order valence-corrected chi connectivity index (χ1v) is 12.0. The van der Waals surface area contributed by atoms with Crippen LogP contribution in [0.5, 0.6) is 0 Å². The fraction of sp³-hybridized carbons (Fsp3) is 0.273. The number of hydrogen-bond donors (Lipinski definition) is 3. The smallest absolute Gasteiger partial charge is 0.251 e. The molecule has 3 aromatic rings. The average molecular weight is 482 g/mol. The highest BCUT2D eigenvalue weighted by Gasteiger charge is 2.27. The predicted octanol–water partition coefficient (Wildman–Crippen LogP) is 4.68. The number of nitrogens with zero attached hydrogens (tertiary/aromatic N) is 5. The molecule has 0 amide bonds. The number of nitrogens with one attached hydrogen (secondary N) is 1. The van der Waals surface area contributed by atoms with E-state index in [-0.39, 0.29) is 23.4 Å². The Morgan fingerprint density at radius 3 is 2.73 bits per heavy atom. The zero-order chi connectivity index (χ0) is 23.4. The molecule has 1 saturated heterocycles. The molecule has 0 radical (unpaired) electrons. The van der Waals surface area contributed by atoms with Gasteiger partial charge in [0.25, 0.3) is 5.69 Å². The van der Waals surface area contributed by atoms with E-state index in [1.807, 2.05) is 10.3 Å². The maximum absolute atomic E-state index is 13.1. The molecule has 11 heteroatoms. The lowest BCUT2D eigenvalue weighted by Crippen LogP contribution is -2.36. The Kier molecular flexibility index (Phi) is 6.94. The van der Waals surface area contributed by atoms with Crippen LogP contribution in [0.2, 0.25) is 0 Å². The normalized spacial score (nSPS) is 14.0. The van der Waals surface area contributed by atoms with Crippen LogP contribution in [0.4, 0.5) is 32.4 Å². The van der Waals surface area contributed by atoms with Crippen LogP contribution < -0.4 is 16.0 Å². The van der Waals surface area contributed by atoms with Crippen molar-refractivity contribution < 1.29 is 9.50 Å². The third-order valence-corrected chi connectivity index (χ3v) is 6.96. The van der Waals surface area contributed by atoms with Gasteiger partial charge in [0.1, 0.15) is 22.7 Å². The second kappa shape index (κ2) is 10.0. The summed E-state index contributed by atoms with van der Waals surface area (Å²) in [6, 6.07) is 8.23. The molecular formula is C22H20FN7OS2. The van der Waals surface area contributed by atoms with Crippen LogP contribution in [0.25, 0.3) is 4.85 Å². The lowest BCUT2D eigenvalue weighted by atomic mass is 10.1. The van der Waals surface area contributed by atoms with Crippen molar-refractivity contribution in [3.63, 3.8) is 0 Å². The summed E-state index contributed by atoms with van der Waals surface area (Å²) in [4.78, 5) is 14.4. The molecule has 8 nitrogen and oxygen atoms in total. The number of nitrogens with two attached hydrogens (primary N) is 1. The molecule has 1 aromatic carbocycles. The summed E-state index contributed by atoms with van der Waals surface area (Å²) in [5.74, 6) is 0.240. The van der Waals surface area contributed by atoms with Gasteiger partial charge in [0.05, 0.1) is 29.6 Å². The van der Waals surface area contributed by atoms with Gasteiger partial charge in [-0.15, -0.1) is 11.3 Å². The molecule has 1 aliphatic heterocycles. The van der Waals surface area contributed by atoms with Gasteiger partial charge >= 0.3 is 0 Å². The molecule has 1 aliphatic rings. The minimum atomic E-state index is -0.376. The van der Waals surface area contributed by atoms with Gasteiger partial charge in [-0.2, -0.15) is 5.26 Å². The Hall–Kier alpha value is -3.38. The van der Waals surface area contributed by atoms with Crippen molar-refractivity contribution in [2.75, 3.05) is 29.0 Å². The molecule has 0 atom stereocenters. The third kappa shape index (κ3) is 5.17. The van der Waals surface area contributed by atoms with Crippen LogP contribution in [0.1, 0.15) is 24.1 Å². The molecule has 4 N–H and O–H groups in total. The van der Waals surface area contributed by atoms with Crippen molar-refractivity contribution in [1.82, 2.24) is 9.97 Å². The molecule has 3 heterocycles. The van der Waals surface area contributed by atoms with Crippen LogP contribution in [-0.2, 0) is 5.75 Å². The highest BCUT2D eigenvalue weighted by molar-refractivity contribution is 7.98. The number of pyridine rings is 1. The number of anilines is 4. The van der Waals surface area contributed by atoms with Crippen LogP contribution in [0.3, 0.4) is 0 Å². The summed E-state index contributed by atoms with van der Waals surface area (Å²) in [6.45, 7) is 8.62. The number of aromatic nitrogens is 2. The number of hydrogen-bond acceptors (Lipinski definition) is 9. The number of aliphatic hydroxyl groups excluding tert-OH is 1. The van der Waals surface area contributed by atoms with Gasteiger partial charge in [-0.1, -0.05) is 11.8 Å². The summed E-state index contributed by atoms with van der Waals surface area (Å²) in [6.07, 6.45) is 0.754. The Labute approximate surface area is 198 Å². The van der Waals surface area contributed by atoms with E-state index >= 15 is 0 Å². The molecule has 0 aliphatic carbocycles. The number of nitriles is 1. The number of rotatable bonds is 6. The van der Waals surface area contributed by atoms with Crippen molar-refractivity contribution >= 4 is 51.1 Å². The molecular weight excluding hydrogens is 461 g/mol. The molecule has 0 saturated carbocycles. The zero-order valence-corrected chi connectivity index (χ0v) is 19.1. The number of nitrogen functional groups attached to an aromatic ring is 1. The Bertz CT molecular complexity index is 1230. The van der Waals surface area contributed by atoms with E-state index in [0.717, 1.165) is 11.4 Å². The quantitative estimate of drug-likeness (QED) is 0.343. The number of thioether (sulfide) groups is 1. The van der Waals surface area contributed by atoms with Crippen molar-refractivity contribution in [3.8, 4) is 6.07 Å². The van der Waals surface area contributed by atoms with E-state index in [0.29, 0.717) is 53.1 Å². The minimum absolute atomic E-state index is 0.0876. The highest BCUT2D eigenvalue weighted by atomic mass is 32.2. The molecule has 0 spiro atoms. The lowest BCUT2D eigenvalue weighted by Gasteiger charge is -2.33. The van der Waals surface area contributed by atoms with Crippen molar-refractivity contribution in [2.45, 2.75) is 29.7 Å². The van der Waals surface area contributed by atoms with Crippen molar-refractivity contribution in [3.05, 3.63) is 58.1 Å². The maximum Gasteiger partial charge on any atom is 0.251 e. The highest BCUT2D eigenvalue weighted by Crippen LogP contribution is 2.42. The van der Waals surface area contributed by atoms with Crippen LogP contribution in [0, 0.1) is 23.7 Å². The van der Waals surface area contributed by atoms with E-state index in [2.05, 4.69) is 26.2 Å². The van der Waals surface area contributed by atoms with Gasteiger partial charge in [0.15, 0.2) is 5.13 Å². The third-order valence-electron chi connectivity index (χ3n) is 5.15. The second-order valence-electron chi connectivity index (χ2n) is 7.38. The largest absolute Gasteiger partial charge is 0.393 e. The molecule has 1 fully saturated rings. The van der Waals surface area contributed by atoms with Gasteiger partial charge in [0.2, 0.25) is 0 Å². The molecule has 2 aromatic heterocycles. The molecule has 0 bridgehead atoms. The zero-order valence-electron chi connectivity index (χ0n) is 17.5. The fourth-order valence-electron chi connectivity index (χ4n) is 3.50. The number of thiazole rings is 1. The summed E-state index contributed by atoms with van der Waals surface area (Å²) >= 11 is 2.75. The maximum atomic E-state index is 13.1. The van der Waals surface area contributed by atoms with Crippen molar-refractivity contribution in [2.24, 2.45) is 0 Å².